The van der Waals surface area contributed by atoms with E-state index in [2.05, 4.69) is 40.3 Å². The second-order valence-electron chi connectivity index (χ2n) is 9.45. The summed E-state index contributed by atoms with van der Waals surface area (Å²) >= 11 is 3.65. The second-order valence-corrected chi connectivity index (χ2v) is 10.3. The van der Waals surface area contributed by atoms with E-state index in [0.29, 0.717) is 51.6 Å². The number of ether oxygens (including phenoxy) is 2. The summed E-state index contributed by atoms with van der Waals surface area (Å²) in [6.45, 7) is 6.62. The summed E-state index contributed by atoms with van der Waals surface area (Å²) < 4.78 is 12.8. The van der Waals surface area contributed by atoms with Gasteiger partial charge in [0.1, 0.15) is 6.61 Å². The van der Waals surface area contributed by atoms with E-state index in [0.717, 1.165) is 41.8 Å². The van der Waals surface area contributed by atoms with Gasteiger partial charge in [-0.1, -0.05) is 25.5 Å². The van der Waals surface area contributed by atoms with Crippen LogP contribution < -0.4 is 14.8 Å². The van der Waals surface area contributed by atoms with Crippen LogP contribution in [0.1, 0.15) is 69.1 Å². The minimum absolute atomic E-state index is 0.101. The standard InChI is InChI=1S/C30H30BrN3O3/c1-4-7-19-11-25-29(26(35)12-19)28(23(16-33)18(3)34-25)22-13-24(31)30(27(14-22)36-5-2)37-17-21-9-6-8-20(10-21)15-32/h6,8-10,13-14,19,28,34H,4-5,7,11-12,17H2,1-3H3. The van der Waals surface area contributed by atoms with Gasteiger partial charge in [-0.25, -0.2) is 0 Å². The summed E-state index contributed by atoms with van der Waals surface area (Å²) in [6, 6.07) is 15.6. The molecule has 1 N–H and O–H groups in total. The number of ketones is 1. The van der Waals surface area contributed by atoms with Crippen LogP contribution in [-0.4, -0.2) is 12.4 Å². The number of halogens is 1. The van der Waals surface area contributed by atoms with Crippen molar-refractivity contribution in [3.8, 4) is 23.6 Å². The molecule has 0 aromatic heterocycles. The first-order chi connectivity index (χ1) is 17.9. The molecule has 2 aromatic carbocycles. The molecular formula is C30H30BrN3O3. The summed E-state index contributed by atoms with van der Waals surface area (Å²) in [6.07, 6.45) is 3.36. The van der Waals surface area contributed by atoms with Crippen LogP contribution in [-0.2, 0) is 11.4 Å². The quantitative estimate of drug-likeness (QED) is 0.381. The van der Waals surface area contributed by atoms with Gasteiger partial charge in [-0.3, -0.25) is 4.79 Å². The zero-order chi connectivity index (χ0) is 26.5. The van der Waals surface area contributed by atoms with Crippen LogP contribution in [0.5, 0.6) is 11.5 Å². The van der Waals surface area contributed by atoms with Crippen LogP contribution in [0.3, 0.4) is 0 Å². The van der Waals surface area contributed by atoms with Crippen molar-refractivity contribution in [1.29, 1.82) is 10.5 Å². The Balaban J connectivity index is 1.74. The summed E-state index contributed by atoms with van der Waals surface area (Å²) in [5.41, 5.74) is 5.18. The van der Waals surface area contributed by atoms with Gasteiger partial charge < -0.3 is 14.8 Å². The van der Waals surface area contributed by atoms with Crippen molar-refractivity contribution in [2.45, 2.75) is 59.0 Å². The number of nitriles is 2. The van der Waals surface area contributed by atoms with Gasteiger partial charge in [0.15, 0.2) is 17.3 Å². The number of Topliss-reactive ketones (excluding diaryl/α,β-unsaturated/α-hetero) is 1. The van der Waals surface area contributed by atoms with E-state index in [9.17, 15) is 15.3 Å². The molecule has 0 amide bonds. The van der Waals surface area contributed by atoms with E-state index in [4.69, 9.17) is 9.47 Å². The highest BCUT2D eigenvalue weighted by atomic mass is 79.9. The average Bonchev–Trinajstić information content (AvgIpc) is 2.87. The van der Waals surface area contributed by atoms with Gasteiger partial charge in [0, 0.05) is 23.4 Å². The smallest absolute Gasteiger partial charge is 0.175 e. The maximum absolute atomic E-state index is 13.4. The van der Waals surface area contributed by atoms with Gasteiger partial charge in [-0.2, -0.15) is 10.5 Å². The van der Waals surface area contributed by atoms with E-state index in [1.54, 1.807) is 12.1 Å². The molecule has 2 atom stereocenters. The number of rotatable bonds is 8. The van der Waals surface area contributed by atoms with Crippen LogP contribution >= 0.6 is 15.9 Å². The lowest BCUT2D eigenvalue weighted by Crippen LogP contribution is -2.34. The molecule has 190 valence electrons. The molecule has 0 saturated heterocycles. The van der Waals surface area contributed by atoms with Gasteiger partial charge in [0.25, 0.3) is 0 Å². The van der Waals surface area contributed by atoms with Crippen LogP contribution in [0, 0.1) is 28.6 Å². The number of carbonyl (C=O) groups excluding carboxylic acids is 1. The molecule has 1 aliphatic heterocycles. The molecule has 7 heteroatoms. The minimum Gasteiger partial charge on any atom is -0.490 e. The summed E-state index contributed by atoms with van der Waals surface area (Å²) in [5.74, 6) is 1.03. The zero-order valence-corrected chi connectivity index (χ0v) is 22.9. The Kier molecular flexibility index (Phi) is 8.36. The number of nitrogens with one attached hydrogen (secondary N) is 1. The number of hydrogen-bond acceptors (Lipinski definition) is 6. The topological polar surface area (TPSA) is 95.1 Å². The lowest BCUT2D eigenvalue weighted by molar-refractivity contribution is -0.117. The third kappa shape index (κ3) is 5.58. The van der Waals surface area contributed by atoms with Gasteiger partial charge in [-0.15, -0.1) is 0 Å². The lowest BCUT2D eigenvalue weighted by atomic mass is 9.72. The Morgan fingerprint density at radius 1 is 1.11 bits per heavy atom. The van der Waals surface area contributed by atoms with Crippen molar-refractivity contribution in [1.82, 2.24) is 5.32 Å². The van der Waals surface area contributed by atoms with E-state index in [1.807, 2.05) is 38.1 Å². The van der Waals surface area contributed by atoms with Crippen molar-refractivity contribution in [3.05, 3.63) is 80.1 Å². The second kappa shape index (κ2) is 11.7. The van der Waals surface area contributed by atoms with Crippen molar-refractivity contribution in [2.75, 3.05) is 6.61 Å². The van der Waals surface area contributed by atoms with Crippen LogP contribution in [0.15, 0.2) is 63.4 Å². The first-order valence-electron chi connectivity index (χ1n) is 12.6. The molecule has 1 aliphatic carbocycles. The van der Waals surface area contributed by atoms with Crippen molar-refractivity contribution in [3.63, 3.8) is 0 Å². The highest BCUT2D eigenvalue weighted by Crippen LogP contribution is 2.47. The van der Waals surface area contributed by atoms with Crippen LogP contribution in [0.25, 0.3) is 0 Å². The summed E-state index contributed by atoms with van der Waals surface area (Å²) in [4.78, 5) is 13.4. The molecule has 0 radical (unpaired) electrons. The molecule has 0 bridgehead atoms. The molecule has 0 spiro atoms. The molecule has 0 saturated carbocycles. The number of hydrogen-bond donors (Lipinski definition) is 1. The first-order valence-corrected chi connectivity index (χ1v) is 13.4. The monoisotopic (exact) mass is 559 g/mol. The Hall–Kier alpha value is -3.55. The molecule has 4 rings (SSSR count). The normalized spacial score (nSPS) is 19.0. The van der Waals surface area contributed by atoms with Gasteiger partial charge >= 0.3 is 0 Å². The van der Waals surface area contributed by atoms with Gasteiger partial charge in [0.05, 0.1) is 40.3 Å². The van der Waals surface area contributed by atoms with E-state index >= 15 is 0 Å². The first kappa shape index (κ1) is 26.5. The molecule has 37 heavy (non-hydrogen) atoms. The average molecular weight is 560 g/mol. The fraction of sp³-hybridized carbons (Fsp3) is 0.367. The number of dihydropyridines is 1. The lowest BCUT2D eigenvalue weighted by Gasteiger charge is -2.35. The Bertz CT molecular complexity index is 1360. The van der Waals surface area contributed by atoms with E-state index < -0.39 is 5.92 Å². The van der Waals surface area contributed by atoms with Crippen molar-refractivity contribution in [2.24, 2.45) is 5.92 Å². The third-order valence-corrected chi connectivity index (χ3v) is 7.42. The Morgan fingerprint density at radius 2 is 1.92 bits per heavy atom. The largest absolute Gasteiger partial charge is 0.490 e. The molecule has 2 aromatic rings. The van der Waals surface area contributed by atoms with E-state index in [-0.39, 0.29) is 12.4 Å². The SMILES string of the molecule is CCCC1CC(=O)C2=C(C1)NC(C)=C(C#N)C2c1cc(Br)c(OCc2cccc(C#N)c2)c(OCC)c1. The molecular weight excluding hydrogens is 530 g/mol. The van der Waals surface area contributed by atoms with Crippen molar-refractivity contribution < 1.29 is 14.3 Å². The molecule has 2 aliphatic rings. The Labute approximate surface area is 226 Å². The summed E-state index contributed by atoms with van der Waals surface area (Å²) in [7, 11) is 0. The molecule has 0 fully saturated rings. The van der Waals surface area contributed by atoms with Crippen molar-refractivity contribution >= 4 is 21.7 Å². The number of carbonyl (C=O) groups is 1. The third-order valence-electron chi connectivity index (χ3n) is 6.83. The molecule has 1 heterocycles. The molecule has 2 unspecified atom stereocenters. The minimum atomic E-state index is -0.465. The van der Waals surface area contributed by atoms with Crippen LogP contribution in [0.2, 0.25) is 0 Å². The predicted octanol–water partition coefficient (Wildman–Crippen LogP) is 6.82. The Morgan fingerprint density at radius 3 is 2.62 bits per heavy atom. The fourth-order valence-electron chi connectivity index (χ4n) is 5.26. The number of benzene rings is 2. The summed E-state index contributed by atoms with van der Waals surface area (Å²) in [5, 5.41) is 22.6. The number of allylic oxidation sites excluding steroid dienone is 4. The van der Waals surface area contributed by atoms with Gasteiger partial charge in [0.2, 0.25) is 0 Å². The molecule has 6 nitrogen and oxygen atoms in total. The highest BCUT2D eigenvalue weighted by Gasteiger charge is 2.39. The maximum Gasteiger partial charge on any atom is 0.175 e. The maximum atomic E-state index is 13.4. The number of nitrogens with zero attached hydrogens (tertiary/aromatic N) is 2. The predicted molar refractivity (Wildman–Crippen MR) is 145 cm³/mol. The van der Waals surface area contributed by atoms with Gasteiger partial charge in [-0.05, 0) is 83.9 Å². The zero-order valence-electron chi connectivity index (χ0n) is 21.4. The van der Waals surface area contributed by atoms with Crippen LogP contribution in [0.4, 0.5) is 0 Å². The fourth-order valence-corrected chi connectivity index (χ4v) is 5.83. The highest BCUT2D eigenvalue weighted by molar-refractivity contribution is 9.10. The van der Waals surface area contributed by atoms with E-state index in [1.165, 1.54) is 0 Å².